The number of carbonyl (C=O) groups is 1. The van der Waals surface area contributed by atoms with Crippen LogP contribution in [0, 0.1) is 0 Å². The molecule has 27 heavy (non-hydrogen) atoms. The second-order valence-corrected chi connectivity index (χ2v) is 6.43. The Balaban J connectivity index is 1.75. The predicted octanol–water partition coefficient (Wildman–Crippen LogP) is 4.59. The molecule has 0 saturated heterocycles. The molecule has 0 fully saturated rings. The standard InChI is InChI=1S/C20H15ClN4O2/c21-13-8-15-16(11-24-19(15)23-10-13)18-14(20(26)27)6-7-17(25-18)22-9-12-4-2-1-3-5-12/h1-8,10-11H,9H2,(H,22,25)(H,23,24)(H,26,27). The molecule has 0 aliphatic rings. The number of halogens is 1. The van der Waals surface area contributed by atoms with Crippen LogP contribution in [0.5, 0.6) is 0 Å². The third-order valence-electron chi connectivity index (χ3n) is 4.19. The number of nitrogens with zero attached hydrogens (tertiary/aromatic N) is 2. The summed E-state index contributed by atoms with van der Waals surface area (Å²) in [7, 11) is 0. The fraction of sp³-hybridized carbons (Fsp3) is 0.0500. The van der Waals surface area contributed by atoms with Crippen LogP contribution < -0.4 is 5.32 Å². The van der Waals surface area contributed by atoms with Gasteiger partial charge in [-0.15, -0.1) is 0 Å². The minimum Gasteiger partial charge on any atom is -0.478 e. The number of carboxylic acids is 1. The number of nitrogens with one attached hydrogen (secondary N) is 2. The van der Waals surface area contributed by atoms with Gasteiger partial charge in [0.25, 0.3) is 0 Å². The summed E-state index contributed by atoms with van der Waals surface area (Å²) in [6.45, 7) is 0.584. The molecule has 0 saturated carbocycles. The topological polar surface area (TPSA) is 90.9 Å². The molecule has 0 aliphatic heterocycles. The maximum Gasteiger partial charge on any atom is 0.337 e. The van der Waals surface area contributed by atoms with Gasteiger partial charge < -0.3 is 15.4 Å². The van der Waals surface area contributed by atoms with E-state index in [-0.39, 0.29) is 5.56 Å². The first kappa shape index (κ1) is 17.1. The molecule has 3 aromatic heterocycles. The van der Waals surface area contributed by atoms with Crippen LogP contribution in [-0.4, -0.2) is 26.0 Å². The molecule has 4 aromatic rings. The Labute approximate surface area is 159 Å². The zero-order valence-corrected chi connectivity index (χ0v) is 14.9. The van der Waals surface area contributed by atoms with E-state index in [1.807, 2.05) is 30.3 Å². The van der Waals surface area contributed by atoms with Crippen molar-refractivity contribution >= 4 is 34.4 Å². The molecule has 0 amide bonds. The van der Waals surface area contributed by atoms with Crippen molar-refractivity contribution in [2.24, 2.45) is 0 Å². The number of pyridine rings is 2. The molecule has 7 heteroatoms. The fourth-order valence-corrected chi connectivity index (χ4v) is 3.06. The average Bonchev–Trinajstić information content (AvgIpc) is 3.09. The van der Waals surface area contributed by atoms with Gasteiger partial charge in [0, 0.05) is 29.9 Å². The third kappa shape index (κ3) is 3.47. The average molecular weight is 379 g/mol. The monoisotopic (exact) mass is 378 g/mol. The van der Waals surface area contributed by atoms with Crippen LogP contribution in [0.2, 0.25) is 5.02 Å². The molecule has 0 aliphatic carbocycles. The molecule has 0 unspecified atom stereocenters. The van der Waals surface area contributed by atoms with Crippen LogP contribution >= 0.6 is 11.6 Å². The Morgan fingerprint density at radius 2 is 2.00 bits per heavy atom. The largest absolute Gasteiger partial charge is 0.478 e. The van der Waals surface area contributed by atoms with E-state index in [0.29, 0.717) is 34.3 Å². The van der Waals surface area contributed by atoms with Crippen LogP contribution in [0.1, 0.15) is 15.9 Å². The maximum atomic E-state index is 11.7. The summed E-state index contributed by atoms with van der Waals surface area (Å²) in [5.41, 5.74) is 2.83. The smallest absolute Gasteiger partial charge is 0.337 e. The normalized spacial score (nSPS) is 10.9. The first-order valence-corrected chi connectivity index (χ1v) is 8.65. The van der Waals surface area contributed by atoms with E-state index in [9.17, 15) is 9.90 Å². The number of H-pyrrole nitrogens is 1. The van der Waals surface area contributed by atoms with Gasteiger partial charge in [0.2, 0.25) is 0 Å². The zero-order chi connectivity index (χ0) is 18.8. The number of fused-ring (bicyclic) bond motifs is 1. The summed E-state index contributed by atoms with van der Waals surface area (Å²) in [6.07, 6.45) is 3.23. The molecule has 1 aromatic carbocycles. The summed E-state index contributed by atoms with van der Waals surface area (Å²) in [4.78, 5) is 23.5. The van der Waals surface area contributed by atoms with Gasteiger partial charge in [0.05, 0.1) is 16.3 Å². The number of carboxylic acid groups (broad SMARTS) is 1. The number of aromatic nitrogens is 3. The van der Waals surface area contributed by atoms with Crippen molar-refractivity contribution in [1.29, 1.82) is 0 Å². The summed E-state index contributed by atoms with van der Waals surface area (Å²) >= 11 is 6.06. The highest BCUT2D eigenvalue weighted by molar-refractivity contribution is 6.31. The lowest BCUT2D eigenvalue weighted by Crippen LogP contribution is -2.06. The van der Waals surface area contributed by atoms with Crippen molar-refractivity contribution in [3.63, 3.8) is 0 Å². The van der Waals surface area contributed by atoms with Crippen LogP contribution in [-0.2, 0) is 6.54 Å². The molecule has 3 N–H and O–H groups in total. The van der Waals surface area contributed by atoms with Gasteiger partial charge in [-0.05, 0) is 23.8 Å². The lowest BCUT2D eigenvalue weighted by atomic mass is 10.1. The molecule has 134 valence electrons. The Morgan fingerprint density at radius 3 is 2.78 bits per heavy atom. The first-order chi connectivity index (χ1) is 13.1. The van der Waals surface area contributed by atoms with Gasteiger partial charge in [-0.3, -0.25) is 0 Å². The fourth-order valence-electron chi connectivity index (χ4n) is 2.90. The Morgan fingerprint density at radius 1 is 1.19 bits per heavy atom. The van der Waals surface area contributed by atoms with Crippen LogP contribution in [0.15, 0.2) is 60.9 Å². The minimum atomic E-state index is -1.04. The Kier molecular flexibility index (Phi) is 4.48. The molecule has 0 spiro atoms. The van der Waals surface area contributed by atoms with Crippen molar-refractivity contribution < 1.29 is 9.90 Å². The number of aromatic amines is 1. The number of rotatable bonds is 5. The second kappa shape index (κ2) is 7.09. The number of aromatic carboxylic acids is 1. The van der Waals surface area contributed by atoms with E-state index < -0.39 is 5.97 Å². The van der Waals surface area contributed by atoms with Crippen molar-refractivity contribution in [3.05, 3.63) is 77.1 Å². The van der Waals surface area contributed by atoms with Crippen LogP contribution in [0.4, 0.5) is 5.82 Å². The van der Waals surface area contributed by atoms with Gasteiger partial charge in [-0.2, -0.15) is 0 Å². The van der Waals surface area contributed by atoms with E-state index in [1.54, 1.807) is 24.4 Å². The summed E-state index contributed by atoms with van der Waals surface area (Å²) in [5.74, 6) is -0.459. The number of anilines is 1. The quantitative estimate of drug-likeness (QED) is 0.472. The van der Waals surface area contributed by atoms with Gasteiger partial charge in [-0.25, -0.2) is 14.8 Å². The van der Waals surface area contributed by atoms with Gasteiger partial charge in [-0.1, -0.05) is 41.9 Å². The molecule has 0 atom stereocenters. The van der Waals surface area contributed by atoms with E-state index in [2.05, 4.69) is 20.3 Å². The maximum absolute atomic E-state index is 11.7. The number of hydrogen-bond acceptors (Lipinski definition) is 4. The highest BCUT2D eigenvalue weighted by Gasteiger charge is 2.18. The highest BCUT2D eigenvalue weighted by Crippen LogP contribution is 2.31. The highest BCUT2D eigenvalue weighted by atomic mass is 35.5. The third-order valence-corrected chi connectivity index (χ3v) is 4.40. The number of benzene rings is 1. The van der Waals surface area contributed by atoms with E-state index in [0.717, 1.165) is 10.9 Å². The first-order valence-electron chi connectivity index (χ1n) is 8.27. The van der Waals surface area contributed by atoms with Crippen molar-refractivity contribution in [2.45, 2.75) is 6.54 Å². The molecule has 0 bridgehead atoms. The minimum absolute atomic E-state index is 0.112. The Bertz CT molecular complexity index is 1130. The summed E-state index contributed by atoms with van der Waals surface area (Å²) in [5, 5.41) is 14.0. The predicted molar refractivity (Wildman–Crippen MR) is 105 cm³/mol. The van der Waals surface area contributed by atoms with E-state index >= 15 is 0 Å². The molecular weight excluding hydrogens is 364 g/mol. The molecule has 0 radical (unpaired) electrons. The summed E-state index contributed by atoms with van der Waals surface area (Å²) in [6, 6.07) is 14.9. The van der Waals surface area contributed by atoms with Crippen molar-refractivity contribution in [2.75, 3.05) is 5.32 Å². The molecule has 6 nitrogen and oxygen atoms in total. The van der Waals surface area contributed by atoms with Gasteiger partial charge >= 0.3 is 5.97 Å². The summed E-state index contributed by atoms with van der Waals surface area (Å²) < 4.78 is 0. The Hall–Kier alpha value is -3.38. The molecule has 4 rings (SSSR count). The van der Waals surface area contributed by atoms with Crippen LogP contribution in [0.3, 0.4) is 0 Å². The van der Waals surface area contributed by atoms with Crippen LogP contribution in [0.25, 0.3) is 22.3 Å². The van der Waals surface area contributed by atoms with E-state index in [1.165, 1.54) is 6.20 Å². The molecule has 3 heterocycles. The van der Waals surface area contributed by atoms with Crippen molar-refractivity contribution in [1.82, 2.24) is 15.0 Å². The number of hydrogen-bond donors (Lipinski definition) is 3. The van der Waals surface area contributed by atoms with Gasteiger partial charge in [0.15, 0.2) is 0 Å². The second-order valence-electron chi connectivity index (χ2n) is 5.99. The molecular formula is C20H15ClN4O2. The van der Waals surface area contributed by atoms with E-state index in [4.69, 9.17) is 11.6 Å². The lowest BCUT2D eigenvalue weighted by molar-refractivity contribution is 0.0697. The zero-order valence-electron chi connectivity index (χ0n) is 14.1. The lowest BCUT2D eigenvalue weighted by Gasteiger charge is -2.10. The SMILES string of the molecule is O=C(O)c1ccc(NCc2ccccc2)nc1-c1c[nH]c2ncc(Cl)cc12. The van der Waals surface area contributed by atoms with Gasteiger partial charge in [0.1, 0.15) is 11.5 Å². The van der Waals surface area contributed by atoms with Crippen molar-refractivity contribution in [3.8, 4) is 11.3 Å².